The Labute approximate surface area is 199 Å². The van der Waals surface area contributed by atoms with Crippen molar-refractivity contribution in [1.29, 1.82) is 0 Å². The molecule has 7 nitrogen and oxygen atoms in total. The van der Waals surface area contributed by atoms with Gasteiger partial charge in [0, 0.05) is 25.2 Å². The fourth-order valence-electron chi connectivity index (χ4n) is 4.95. The lowest BCUT2D eigenvalue weighted by atomic mass is 9.97. The Morgan fingerprint density at radius 3 is 2.21 bits per heavy atom. The van der Waals surface area contributed by atoms with Crippen LogP contribution in [0.25, 0.3) is 0 Å². The Bertz CT molecular complexity index is 1160. The molecule has 2 aliphatic rings. The van der Waals surface area contributed by atoms with Crippen molar-refractivity contribution in [2.24, 2.45) is 0 Å². The molecule has 0 bridgehead atoms. The second-order valence-electron chi connectivity index (χ2n) is 8.94. The summed E-state index contributed by atoms with van der Waals surface area (Å²) in [5.74, 6) is 0.742. The van der Waals surface area contributed by atoms with Gasteiger partial charge in [-0.05, 0) is 24.5 Å². The van der Waals surface area contributed by atoms with E-state index in [0.29, 0.717) is 45.1 Å². The third-order valence-corrected chi connectivity index (χ3v) is 6.75. The first-order valence-corrected chi connectivity index (χ1v) is 11.9. The molecule has 0 spiro atoms. The molecule has 34 heavy (non-hydrogen) atoms. The number of carbonyl (C=O) groups excluding carboxylic acids is 1. The highest BCUT2D eigenvalue weighted by Crippen LogP contribution is 2.27. The molecule has 7 heteroatoms. The van der Waals surface area contributed by atoms with Crippen molar-refractivity contribution in [2.75, 3.05) is 39.4 Å². The van der Waals surface area contributed by atoms with Crippen LogP contribution in [0.2, 0.25) is 0 Å². The van der Waals surface area contributed by atoms with Gasteiger partial charge in [0.1, 0.15) is 5.82 Å². The summed E-state index contributed by atoms with van der Waals surface area (Å²) in [6, 6.07) is 19.9. The van der Waals surface area contributed by atoms with Gasteiger partial charge in [0.2, 0.25) is 5.91 Å². The summed E-state index contributed by atoms with van der Waals surface area (Å²) < 4.78 is 7.19. The van der Waals surface area contributed by atoms with Crippen molar-refractivity contribution >= 4 is 5.91 Å². The maximum Gasteiger partial charge on any atom is 0.257 e. The van der Waals surface area contributed by atoms with Crippen LogP contribution >= 0.6 is 0 Å². The molecule has 0 radical (unpaired) electrons. The Balaban J connectivity index is 1.46. The van der Waals surface area contributed by atoms with Gasteiger partial charge < -0.3 is 9.64 Å². The van der Waals surface area contributed by atoms with Gasteiger partial charge in [-0.3, -0.25) is 19.1 Å². The van der Waals surface area contributed by atoms with E-state index < -0.39 is 0 Å². The van der Waals surface area contributed by atoms with Crippen LogP contribution in [0.3, 0.4) is 0 Å². The van der Waals surface area contributed by atoms with Gasteiger partial charge in [-0.25, -0.2) is 4.98 Å². The molecule has 1 saturated heterocycles. The largest absolute Gasteiger partial charge is 0.379 e. The lowest BCUT2D eigenvalue weighted by Gasteiger charge is -2.33. The lowest BCUT2D eigenvalue weighted by Crippen LogP contribution is -2.47. The summed E-state index contributed by atoms with van der Waals surface area (Å²) in [4.78, 5) is 35.6. The number of hydrogen-bond donors (Lipinski definition) is 0. The average molecular weight is 459 g/mol. The van der Waals surface area contributed by atoms with Crippen molar-refractivity contribution < 1.29 is 9.53 Å². The fourth-order valence-corrected chi connectivity index (χ4v) is 4.95. The van der Waals surface area contributed by atoms with E-state index in [1.807, 2.05) is 52.8 Å². The SMILES string of the molecule is Cc1nc2c(c(=O)n1C(c1ccccc1)c1ccccc1)CCN(C(=O)CN1CCOCC1)C2. The maximum absolute atomic E-state index is 13.8. The van der Waals surface area contributed by atoms with Gasteiger partial charge in [-0.1, -0.05) is 60.7 Å². The van der Waals surface area contributed by atoms with Crippen molar-refractivity contribution in [3.05, 3.63) is 99.2 Å². The first-order chi connectivity index (χ1) is 16.6. The highest BCUT2D eigenvalue weighted by Gasteiger charge is 2.29. The first-order valence-electron chi connectivity index (χ1n) is 11.9. The van der Waals surface area contributed by atoms with Crippen molar-refractivity contribution in [1.82, 2.24) is 19.4 Å². The van der Waals surface area contributed by atoms with E-state index in [2.05, 4.69) is 29.2 Å². The first kappa shape index (κ1) is 22.5. The Morgan fingerprint density at radius 2 is 1.59 bits per heavy atom. The Kier molecular flexibility index (Phi) is 6.56. The number of aromatic nitrogens is 2. The standard InChI is InChI=1S/C27H30N4O3/c1-20-28-24-18-30(25(32)19-29-14-16-34-17-15-29)13-12-23(24)27(33)31(20)26(21-8-4-2-5-9-21)22-10-6-3-7-11-22/h2-11,26H,12-19H2,1H3. The zero-order valence-corrected chi connectivity index (χ0v) is 19.5. The molecule has 2 aromatic carbocycles. The van der Waals surface area contributed by atoms with E-state index in [1.54, 1.807) is 0 Å². The minimum Gasteiger partial charge on any atom is -0.379 e. The number of benzene rings is 2. The monoisotopic (exact) mass is 458 g/mol. The van der Waals surface area contributed by atoms with Crippen LogP contribution in [0.5, 0.6) is 0 Å². The molecule has 0 saturated carbocycles. The number of amides is 1. The smallest absolute Gasteiger partial charge is 0.257 e. The van der Waals surface area contributed by atoms with Crippen molar-refractivity contribution in [2.45, 2.75) is 25.9 Å². The predicted molar refractivity (Wildman–Crippen MR) is 130 cm³/mol. The number of carbonyl (C=O) groups is 1. The molecular formula is C27H30N4O3. The van der Waals surface area contributed by atoms with E-state index in [-0.39, 0.29) is 17.5 Å². The summed E-state index contributed by atoms with van der Waals surface area (Å²) in [6.07, 6.45) is 0.520. The summed E-state index contributed by atoms with van der Waals surface area (Å²) in [7, 11) is 0. The highest BCUT2D eigenvalue weighted by atomic mass is 16.5. The average Bonchev–Trinajstić information content (AvgIpc) is 2.88. The van der Waals surface area contributed by atoms with Gasteiger partial charge in [-0.15, -0.1) is 0 Å². The van der Waals surface area contributed by atoms with Crippen molar-refractivity contribution in [3.8, 4) is 0 Å². The molecule has 1 fully saturated rings. The molecule has 3 heterocycles. The number of fused-ring (bicyclic) bond motifs is 1. The van der Waals surface area contributed by atoms with Crippen LogP contribution in [0.1, 0.15) is 34.3 Å². The molecular weight excluding hydrogens is 428 g/mol. The normalized spacial score (nSPS) is 16.5. The Hall–Kier alpha value is -3.29. The van der Waals surface area contributed by atoms with Gasteiger partial charge in [0.05, 0.1) is 38.0 Å². The number of aryl methyl sites for hydroxylation is 1. The molecule has 5 rings (SSSR count). The number of ether oxygens (including phenoxy) is 1. The van der Waals surface area contributed by atoms with E-state index in [0.717, 1.165) is 35.5 Å². The molecule has 0 N–H and O–H groups in total. The number of nitrogens with zero attached hydrogens (tertiary/aromatic N) is 4. The van der Waals surface area contributed by atoms with Gasteiger partial charge >= 0.3 is 0 Å². The van der Waals surface area contributed by atoms with Crippen LogP contribution in [0, 0.1) is 6.92 Å². The number of morpholine rings is 1. The predicted octanol–water partition coefficient (Wildman–Crippen LogP) is 2.41. The van der Waals surface area contributed by atoms with Crippen LogP contribution in [0.4, 0.5) is 0 Å². The molecule has 0 aliphatic carbocycles. The van der Waals surface area contributed by atoms with Gasteiger partial charge in [-0.2, -0.15) is 0 Å². The quantitative estimate of drug-likeness (QED) is 0.588. The number of rotatable bonds is 5. The lowest BCUT2D eigenvalue weighted by molar-refractivity contribution is -0.134. The Morgan fingerprint density at radius 1 is 0.971 bits per heavy atom. The van der Waals surface area contributed by atoms with Crippen LogP contribution in [-0.4, -0.2) is 64.7 Å². The van der Waals surface area contributed by atoms with Crippen LogP contribution in [0.15, 0.2) is 65.5 Å². The van der Waals surface area contributed by atoms with E-state index in [9.17, 15) is 9.59 Å². The second kappa shape index (κ2) is 9.91. The molecule has 0 unspecified atom stereocenters. The van der Waals surface area contributed by atoms with E-state index in [4.69, 9.17) is 9.72 Å². The third kappa shape index (κ3) is 4.54. The minimum absolute atomic E-state index is 0.0134. The second-order valence-corrected chi connectivity index (χ2v) is 8.94. The van der Waals surface area contributed by atoms with E-state index in [1.165, 1.54) is 0 Å². The minimum atomic E-state index is -0.256. The molecule has 1 aromatic heterocycles. The maximum atomic E-state index is 13.8. The topological polar surface area (TPSA) is 67.7 Å². The fraction of sp³-hybridized carbons (Fsp3) is 0.370. The third-order valence-electron chi connectivity index (χ3n) is 6.75. The van der Waals surface area contributed by atoms with Gasteiger partial charge in [0.25, 0.3) is 5.56 Å². The summed E-state index contributed by atoms with van der Waals surface area (Å²) in [5.41, 5.74) is 3.51. The highest BCUT2D eigenvalue weighted by molar-refractivity contribution is 5.78. The number of hydrogen-bond acceptors (Lipinski definition) is 5. The summed E-state index contributed by atoms with van der Waals surface area (Å²) in [5, 5.41) is 0. The summed E-state index contributed by atoms with van der Waals surface area (Å²) >= 11 is 0. The molecule has 176 valence electrons. The van der Waals surface area contributed by atoms with Gasteiger partial charge in [0.15, 0.2) is 0 Å². The van der Waals surface area contributed by atoms with Crippen LogP contribution < -0.4 is 5.56 Å². The summed E-state index contributed by atoms with van der Waals surface area (Å²) in [6.45, 7) is 6.08. The van der Waals surface area contributed by atoms with Crippen molar-refractivity contribution in [3.63, 3.8) is 0 Å². The van der Waals surface area contributed by atoms with Crippen LogP contribution in [-0.2, 0) is 22.5 Å². The molecule has 3 aromatic rings. The molecule has 0 atom stereocenters. The molecule has 1 amide bonds. The zero-order valence-electron chi connectivity index (χ0n) is 19.5. The van der Waals surface area contributed by atoms with E-state index >= 15 is 0 Å². The zero-order chi connectivity index (χ0) is 23.5. The molecule has 2 aliphatic heterocycles.